The summed E-state index contributed by atoms with van der Waals surface area (Å²) in [7, 11) is 1.96. The standard InChI is InChI=1S/C21H25N5O2/c1-25-13-5-8-18(25)19-23-20(28-24-19)17-10-14-26(15-11-17)21(27)22-12-9-16-6-3-2-4-7-16/h2-8,13,17H,9-12,14-15H2,1H3,(H,22,27). The molecule has 2 aromatic heterocycles. The Labute approximate surface area is 164 Å². The second kappa shape index (κ2) is 8.29. The van der Waals surface area contributed by atoms with E-state index in [-0.39, 0.29) is 11.9 Å². The first-order valence-electron chi connectivity index (χ1n) is 9.73. The van der Waals surface area contributed by atoms with Crippen molar-refractivity contribution in [1.29, 1.82) is 0 Å². The number of urea groups is 1. The number of carbonyl (C=O) groups excluding carboxylic acids is 1. The molecular formula is C21H25N5O2. The molecule has 0 unspecified atom stereocenters. The third-order valence-electron chi connectivity index (χ3n) is 5.28. The normalized spacial score (nSPS) is 15.0. The van der Waals surface area contributed by atoms with Gasteiger partial charge in [0.15, 0.2) is 0 Å². The van der Waals surface area contributed by atoms with Crippen molar-refractivity contribution < 1.29 is 9.32 Å². The molecule has 1 aliphatic rings. The van der Waals surface area contributed by atoms with Gasteiger partial charge in [-0.05, 0) is 37.0 Å². The number of hydrogen-bond acceptors (Lipinski definition) is 4. The lowest BCUT2D eigenvalue weighted by atomic mass is 9.97. The maximum absolute atomic E-state index is 12.4. The van der Waals surface area contributed by atoms with Gasteiger partial charge in [0.25, 0.3) is 0 Å². The summed E-state index contributed by atoms with van der Waals surface area (Å²) in [5.74, 6) is 1.49. The molecule has 0 aliphatic carbocycles. The first kappa shape index (κ1) is 18.3. The number of nitrogens with zero attached hydrogens (tertiary/aromatic N) is 4. The van der Waals surface area contributed by atoms with Crippen LogP contribution < -0.4 is 5.32 Å². The third-order valence-corrected chi connectivity index (χ3v) is 5.28. The monoisotopic (exact) mass is 379 g/mol. The van der Waals surface area contributed by atoms with E-state index in [2.05, 4.69) is 27.6 Å². The molecule has 1 aromatic carbocycles. The second-order valence-corrected chi connectivity index (χ2v) is 7.19. The van der Waals surface area contributed by atoms with Crippen LogP contribution in [-0.4, -0.2) is 45.3 Å². The third kappa shape index (κ3) is 4.08. The van der Waals surface area contributed by atoms with Crippen LogP contribution in [-0.2, 0) is 13.5 Å². The van der Waals surface area contributed by atoms with Crippen molar-refractivity contribution in [3.05, 3.63) is 60.1 Å². The number of aryl methyl sites for hydroxylation is 1. The quantitative estimate of drug-likeness (QED) is 0.739. The summed E-state index contributed by atoms with van der Waals surface area (Å²) in [5, 5.41) is 7.14. The molecule has 0 radical (unpaired) electrons. The van der Waals surface area contributed by atoms with E-state index in [1.54, 1.807) is 0 Å². The van der Waals surface area contributed by atoms with Gasteiger partial charge in [0.05, 0.1) is 5.69 Å². The minimum atomic E-state index is 0.00408. The number of amides is 2. The molecule has 7 heteroatoms. The summed E-state index contributed by atoms with van der Waals surface area (Å²) in [4.78, 5) is 18.8. The summed E-state index contributed by atoms with van der Waals surface area (Å²) in [6.07, 6.45) is 4.47. The van der Waals surface area contributed by atoms with Crippen LogP contribution in [0.15, 0.2) is 53.2 Å². The van der Waals surface area contributed by atoms with E-state index in [0.717, 1.165) is 25.0 Å². The molecule has 0 bridgehead atoms. The maximum atomic E-state index is 12.4. The zero-order valence-corrected chi connectivity index (χ0v) is 16.0. The topological polar surface area (TPSA) is 76.2 Å². The van der Waals surface area contributed by atoms with Gasteiger partial charge in [-0.1, -0.05) is 35.5 Å². The van der Waals surface area contributed by atoms with Gasteiger partial charge in [0, 0.05) is 38.8 Å². The zero-order chi connectivity index (χ0) is 19.3. The molecule has 3 heterocycles. The molecule has 1 fully saturated rings. The Balaban J connectivity index is 1.26. The molecule has 0 spiro atoms. The number of aromatic nitrogens is 3. The molecule has 7 nitrogen and oxygen atoms in total. The predicted octanol–water partition coefficient (Wildman–Crippen LogP) is 3.21. The van der Waals surface area contributed by atoms with Crippen molar-refractivity contribution in [2.75, 3.05) is 19.6 Å². The molecule has 1 N–H and O–H groups in total. The Morgan fingerprint density at radius 3 is 2.68 bits per heavy atom. The smallest absolute Gasteiger partial charge is 0.317 e. The summed E-state index contributed by atoms with van der Waals surface area (Å²) in [5.41, 5.74) is 2.16. The molecule has 28 heavy (non-hydrogen) atoms. The van der Waals surface area contributed by atoms with Gasteiger partial charge >= 0.3 is 6.03 Å². The predicted molar refractivity (Wildman–Crippen MR) is 106 cm³/mol. The fourth-order valence-corrected chi connectivity index (χ4v) is 3.60. The van der Waals surface area contributed by atoms with Crippen LogP contribution >= 0.6 is 0 Å². The molecule has 3 aromatic rings. The van der Waals surface area contributed by atoms with E-state index >= 15 is 0 Å². The summed E-state index contributed by atoms with van der Waals surface area (Å²) in [6, 6.07) is 14.1. The van der Waals surface area contributed by atoms with Crippen LogP contribution in [0.2, 0.25) is 0 Å². The first-order chi connectivity index (χ1) is 13.7. The van der Waals surface area contributed by atoms with Gasteiger partial charge in [-0.3, -0.25) is 0 Å². The van der Waals surface area contributed by atoms with Crippen molar-refractivity contribution in [1.82, 2.24) is 24.9 Å². The number of rotatable bonds is 5. The number of piperidine rings is 1. The summed E-state index contributed by atoms with van der Waals surface area (Å²) >= 11 is 0. The molecule has 146 valence electrons. The Hall–Kier alpha value is -3.09. The van der Waals surface area contributed by atoms with E-state index in [9.17, 15) is 4.79 Å². The highest BCUT2D eigenvalue weighted by Crippen LogP contribution is 2.28. The fraction of sp³-hybridized carbons (Fsp3) is 0.381. The van der Waals surface area contributed by atoms with Crippen LogP contribution in [0.3, 0.4) is 0 Å². The zero-order valence-electron chi connectivity index (χ0n) is 16.0. The van der Waals surface area contributed by atoms with Gasteiger partial charge in [-0.15, -0.1) is 0 Å². The maximum Gasteiger partial charge on any atom is 0.317 e. The number of benzene rings is 1. The van der Waals surface area contributed by atoms with Crippen molar-refractivity contribution in [3.63, 3.8) is 0 Å². The molecule has 1 aliphatic heterocycles. The van der Waals surface area contributed by atoms with Gasteiger partial charge in [0.2, 0.25) is 11.7 Å². The highest BCUT2D eigenvalue weighted by molar-refractivity contribution is 5.74. The number of nitrogens with one attached hydrogen (secondary N) is 1. The van der Waals surface area contributed by atoms with Crippen LogP contribution in [0, 0.1) is 0 Å². The van der Waals surface area contributed by atoms with Crippen molar-refractivity contribution >= 4 is 6.03 Å². The van der Waals surface area contributed by atoms with Gasteiger partial charge < -0.3 is 19.3 Å². The Morgan fingerprint density at radius 1 is 1.18 bits per heavy atom. The SMILES string of the molecule is Cn1cccc1-c1noc(C2CCN(C(=O)NCCc3ccccc3)CC2)n1. The Kier molecular flexibility index (Phi) is 5.41. The highest BCUT2D eigenvalue weighted by Gasteiger charge is 2.27. The molecule has 4 rings (SSSR count). The van der Waals surface area contributed by atoms with E-state index in [1.807, 2.05) is 53.0 Å². The molecule has 0 saturated carbocycles. The second-order valence-electron chi connectivity index (χ2n) is 7.19. The van der Waals surface area contributed by atoms with Crippen molar-refractivity contribution in [2.24, 2.45) is 7.05 Å². The minimum Gasteiger partial charge on any atom is -0.348 e. The Bertz CT molecular complexity index is 910. The van der Waals surface area contributed by atoms with E-state index in [4.69, 9.17) is 4.52 Å². The number of carbonyl (C=O) groups is 1. The van der Waals surface area contributed by atoms with E-state index < -0.39 is 0 Å². The van der Waals surface area contributed by atoms with Crippen LogP contribution in [0.25, 0.3) is 11.5 Å². The van der Waals surface area contributed by atoms with Crippen LogP contribution in [0.4, 0.5) is 4.79 Å². The first-order valence-corrected chi connectivity index (χ1v) is 9.73. The minimum absolute atomic E-state index is 0.00408. The summed E-state index contributed by atoms with van der Waals surface area (Å²) < 4.78 is 7.47. The van der Waals surface area contributed by atoms with Crippen molar-refractivity contribution in [2.45, 2.75) is 25.2 Å². The highest BCUT2D eigenvalue weighted by atomic mass is 16.5. The lowest BCUT2D eigenvalue weighted by Gasteiger charge is -2.30. The van der Waals surface area contributed by atoms with Gasteiger partial charge in [0.1, 0.15) is 0 Å². The van der Waals surface area contributed by atoms with Crippen LogP contribution in [0.5, 0.6) is 0 Å². The number of hydrogen-bond donors (Lipinski definition) is 1. The summed E-state index contributed by atoms with van der Waals surface area (Å²) in [6.45, 7) is 2.04. The largest absolute Gasteiger partial charge is 0.348 e. The molecule has 0 atom stereocenters. The fourth-order valence-electron chi connectivity index (χ4n) is 3.60. The van der Waals surface area contributed by atoms with E-state index in [1.165, 1.54) is 5.56 Å². The van der Waals surface area contributed by atoms with Gasteiger partial charge in [-0.2, -0.15) is 4.98 Å². The average Bonchev–Trinajstić information content (AvgIpc) is 3.38. The average molecular weight is 379 g/mol. The lowest BCUT2D eigenvalue weighted by Crippen LogP contribution is -2.44. The molecular weight excluding hydrogens is 354 g/mol. The lowest BCUT2D eigenvalue weighted by molar-refractivity contribution is 0.175. The van der Waals surface area contributed by atoms with Crippen LogP contribution in [0.1, 0.15) is 30.2 Å². The van der Waals surface area contributed by atoms with Crippen molar-refractivity contribution in [3.8, 4) is 11.5 Å². The van der Waals surface area contributed by atoms with Gasteiger partial charge in [-0.25, -0.2) is 4.79 Å². The number of likely N-dealkylation sites (tertiary alicyclic amines) is 1. The Morgan fingerprint density at radius 2 is 1.96 bits per heavy atom. The molecule has 2 amide bonds. The van der Waals surface area contributed by atoms with E-state index in [0.29, 0.717) is 31.3 Å². The molecule has 1 saturated heterocycles.